The summed E-state index contributed by atoms with van der Waals surface area (Å²) in [5.74, 6) is 0.821. The highest BCUT2D eigenvalue weighted by atomic mass is 35.5. The number of aromatic nitrogens is 2. The van der Waals surface area contributed by atoms with E-state index in [1.807, 2.05) is 35.7 Å². The SMILES string of the molecule is Cc1cccn2c(NC(=O)C3CCC3)c(-c3ccc(Cl)c(Cl)c3)nc12. The number of hydrogen-bond donors (Lipinski definition) is 1. The summed E-state index contributed by atoms with van der Waals surface area (Å²) in [6.07, 6.45) is 4.92. The summed E-state index contributed by atoms with van der Waals surface area (Å²) in [6, 6.07) is 9.33. The maximum atomic E-state index is 12.5. The summed E-state index contributed by atoms with van der Waals surface area (Å²) >= 11 is 12.2. The number of benzene rings is 1. The molecular formula is C19H17Cl2N3O. The second kappa shape index (κ2) is 6.36. The number of halogens is 2. The fourth-order valence-corrected chi connectivity index (χ4v) is 3.36. The molecule has 4 rings (SSSR count). The zero-order valence-electron chi connectivity index (χ0n) is 13.7. The number of nitrogens with zero attached hydrogens (tertiary/aromatic N) is 2. The average Bonchev–Trinajstić information content (AvgIpc) is 2.88. The van der Waals surface area contributed by atoms with Crippen LogP contribution in [0.1, 0.15) is 24.8 Å². The van der Waals surface area contributed by atoms with Gasteiger partial charge in [-0.1, -0.05) is 41.8 Å². The van der Waals surface area contributed by atoms with Gasteiger partial charge in [-0.3, -0.25) is 9.20 Å². The van der Waals surface area contributed by atoms with E-state index in [0.717, 1.165) is 36.0 Å². The van der Waals surface area contributed by atoms with Gasteiger partial charge in [-0.2, -0.15) is 0 Å². The Kier molecular flexibility index (Phi) is 4.18. The minimum atomic E-state index is 0.0517. The zero-order valence-corrected chi connectivity index (χ0v) is 15.2. The average molecular weight is 374 g/mol. The van der Waals surface area contributed by atoms with Gasteiger partial charge in [-0.25, -0.2) is 4.98 Å². The topological polar surface area (TPSA) is 46.4 Å². The number of fused-ring (bicyclic) bond motifs is 1. The van der Waals surface area contributed by atoms with E-state index in [4.69, 9.17) is 28.2 Å². The minimum Gasteiger partial charge on any atom is -0.310 e. The molecule has 0 spiro atoms. The van der Waals surface area contributed by atoms with Crippen molar-refractivity contribution in [2.24, 2.45) is 5.92 Å². The van der Waals surface area contributed by atoms with Crippen molar-refractivity contribution in [1.29, 1.82) is 0 Å². The number of pyridine rings is 1. The molecule has 128 valence electrons. The lowest BCUT2D eigenvalue weighted by molar-refractivity contribution is -0.122. The van der Waals surface area contributed by atoms with E-state index in [-0.39, 0.29) is 11.8 Å². The Hall–Kier alpha value is -2.04. The number of nitrogens with one attached hydrogen (secondary N) is 1. The van der Waals surface area contributed by atoms with Crippen molar-refractivity contribution in [3.8, 4) is 11.3 Å². The Balaban J connectivity index is 1.86. The van der Waals surface area contributed by atoms with Crippen molar-refractivity contribution in [3.05, 3.63) is 52.1 Å². The van der Waals surface area contributed by atoms with Gasteiger partial charge in [-0.05, 0) is 43.5 Å². The largest absolute Gasteiger partial charge is 0.310 e. The molecule has 1 amide bonds. The predicted octanol–water partition coefficient (Wildman–Crippen LogP) is 5.36. The normalized spacial score (nSPS) is 14.5. The first-order chi connectivity index (χ1) is 12.0. The van der Waals surface area contributed by atoms with E-state index >= 15 is 0 Å². The maximum Gasteiger partial charge on any atom is 0.228 e. The number of rotatable bonds is 3. The molecular weight excluding hydrogens is 357 g/mol. The van der Waals surface area contributed by atoms with Crippen LogP contribution in [0.4, 0.5) is 5.82 Å². The van der Waals surface area contributed by atoms with Crippen LogP contribution in [0.25, 0.3) is 16.9 Å². The Labute approximate surface area is 155 Å². The van der Waals surface area contributed by atoms with Gasteiger partial charge in [0, 0.05) is 17.7 Å². The van der Waals surface area contributed by atoms with Gasteiger partial charge in [0.1, 0.15) is 17.2 Å². The van der Waals surface area contributed by atoms with Crippen molar-refractivity contribution < 1.29 is 4.79 Å². The van der Waals surface area contributed by atoms with E-state index in [0.29, 0.717) is 21.6 Å². The van der Waals surface area contributed by atoms with Crippen LogP contribution in [0.15, 0.2) is 36.5 Å². The first kappa shape index (κ1) is 16.4. The summed E-state index contributed by atoms with van der Waals surface area (Å²) in [5.41, 5.74) is 3.36. The third kappa shape index (κ3) is 2.90. The van der Waals surface area contributed by atoms with Crippen LogP contribution in [-0.2, 0) is 4.79 Å². The van der Waals surface area contributed by atoms with Crippen LogP contribution in [0, 0.1) is 12.8 Å². The molecule has 25 heavy (non-hydrogen) atoms. The van der Waals surface area contributed by atoms with Gasteiger partial charge in [0.2, 0.25) is 5.91 Å². The molecule has 0 saturated heterocycles. The molecule has 4 nitrogen and oxygen atoms in total. The maximum absolute atomic E-state index is 12.5. The van der Waals surface area contributed by atoms with Gasteiger partial charge in [-0.15, -0.1) is 0 Å². The number of imidazole rings is 1. The molecule has 6 heteroatoms. The van der Waals surface area contributed by atoms with Gasteiger partial charge >= 0.3 is 0 Å². The van der Waals surface area contributed by atoms with Crippen molar-refractivity contribution >= 4 is 40.6 Å². The van der Waals surface area contributed by atoms with Gasteiger partial charge < -0.3 is 5.32 Å². The van der Waals surface area contributed by atoms with Crippen molar-refractivity contribution in [2.75, 3.05) is 5.32 Å². The second-order valence-corrected chi connectivity index (χ2v) is 7.25. The van der Waals surface area contributed by atoms with Crippen LogP contribution in [0.3, 0.4) is 0 Å². The number of anilines is 1. The van der Waals surface area contributed by atoms with Crippen LogP contribution in [0.5, 0.6) is 0 Å². The molecule has 0 atom stereocenters. The Bertz CT molecular complexity index is 976. The highest BCUT2D eigenvalue weighted by Crippen LogP contribution is 2.35. The first-order valence-corrected chi connectivity index (χ1v) is 9.04. The van der Waals surface area contributed by atoms with Crippen LogP contribution < -0.4 is 5.32 Å². The molecule has 0 bridgehead atoms. The fourth-order valence-electron chi connectivity index (χ4n) is 3.06. The van der Waals surface area contributed by atoms with Crippen molar-refractivity contribution in [1.82, 2.24) is 9.38 Å². The number of aryl methyl sites for hydroxylation is 1. The van der Waals surface area contributed by atoms with E-state index < -0.39 is 0 Å². The van der Waals surface area contributed by atoms with E-state index in [9.17, 15) is 4.79 Å². The number of carbonyl (C=O) groups excluding carboxylic acids is 1. The smallest absolute Gasteiger partial charge is 0.228 e. The number of carbonyl (C=O) groups is 1. The predicted molar refractivity (Wildman–Crippen MR) is 101 cm³/mol. The zero-order chi connectivity index (χ0) is 17.6. The molecule has 1 aliphatic rings. The van der Waals surface area contributed by atoms with Crippen molar-refractivity contribution in [3.63, 3.8) is 0 Å². The molecule has 2 heterocycles. The third-order valence-electron chi connectivity index (χ3n) is 4.76. The Morgan fingerprint density at radius 2 is 2.04 bits per heavy atom. The molecule has 0 radical (unpaired) electrons. The molecule has 0 unspecified atom stereocenters. The number of amides is 1. The summed E-state index contributed by atoms with van der Waals surface area (Å²) in [7, 11) is 0. The molecule has 1 aliphatic carbocycles. The lowest BCUT2D eigenvalue weighted by Gasteiger charge is -2.24. The molecule has 1 aromatic carbocycles. The summed E-state index contributed by atoms with van der Waals surface area (Å²) in [6.45, 7) is 2.00. The monoisotopic (exact) mass is 373 g/mol. The Morgan fingerprint density at radius 1 is 1.24 bits per heavy atom. The quantitative estimate of drug-likeness (QED) is 0.671. The van der Waals surface area contributed by atoms with Gasteiger partial charge in [0.05, 0.1) is 10.0 Å². The second-order valence-electron chi connectivity index (χ2n) is 6.44. The van der Waals surface area contributed by atoms with E-state index in [2.05, 4.69) is 5.32 Å². The summed E-state index contributed by atoms with van der Waals surface area (Å²) in [4.78, 5) is 17.3. The van der Waals surface area contributed by atoms with Crippen molar-refractivity contribution in [2.45, 2.75) is 26.2 Å². The standard InChI is InChI=1S/C19H17Cl2N3O/c1-11-4-3-9-24-17(11)22-16(13-7-8-14(20)15(21)10-13)18(24)23-19(25)12-5-2-6-12/h3-4,7-10,12H,2,5-6H2,1H3,(H,23,25). The first-order valence-electron chi connectivity index (χ1n) is 8.28. The molecule has 3 aromatic rings. The minimum absolute atomic E-state index is 0.0517. The lowest BCUT2D eigenvalue weighted by atomic mass is 9.85. The molecule has 1 saturated carbocycles. The summed E-state index contributed by atoms with van der Waals surface area (Å²) in [5, 5.41) is 4.03. The van der Waals surface area contributed by atoms with Crippen LogP contribution in [0.2, 0.25) is 10.0 Å². The van der Waals surface area contributed by atoms with Crippen LogP contribution >= 0.6 is 23.2 Å². The van der Waals surface area contributed by atoms with E-state index in [1.165, 1.54) is 0 Å². The molecule has 2 aromatic heterocycles. The molecule has 0 aliphatic heterocycles. The number of hydrogen-bond acceptors (Lipinski definition) is 2. The van der Waals surface area contributed by atoms with Gasteiger partial charge in [0.15, 0.2) is 0 Å². The molecule has 1 fully saturated rings. The Morgan fingerprint density at radius 3 is 2.72 bits per heavy atom. The summed E-state index contributed by atoms with van der Waals surface area (Å²) < 4.78 is 1.92. The van der Waals surface area contributed by atoms with Crippen LogP contribution in [-0.4, -0.2) is 15.3 Å². The van der Waals surface area contributed by atoms with Gasteiger partial charge in [0.25, 0.3) is 0 Å². The fraction of sp³-hybridized carbons (Fsp3) is 0.263. The third-order valence-corrected chi connectivity index (χ3v) is 5.49. The lowest BCUT2D eigenvalue weighted by Crippen LogP contribution is -2.28. The molecule has 1 N–H and O–H groups in total. The highest BCUT2D eigenvalue weighted by Gasteiger charge is 2.27. The highest BCUT2D eigenvalue weighted by molar-refractivity contribution is 6.42. The van der Waals surface area contributed by atoms with E-state index in [1.54, 1.807) is 12.1 Å².